The number of hydrogen-bond donors (Lipinski definition) is 1. The van der Waals surface area contributed by atoms with Gasteiger partial charge in [0.2, 0.25) is 0 Å². The second-order valence-corrected chi connectivity index (χ2v) is 3.69. The fraction of sp³-hybridized carbons (Fsp3) is 0.300. The van der Waals surface area contributed by atoms with Crippen molar-refractivity contribution in [3.63, 3.8) is 0 Å². The molecule has 0 spiro atoms. The summed E-state index contributed by atoms with van der Waals surface area (Å²) in [6.45, 7) is 2.56. The molecule has 0 saturated carbocycles. The number of rotatable bonds is 3. The fourth-order valence-electron chi connectivity index (χ4n) is 1.10. The van der Waals surface area contributed by atoms with Crippen molar-refractivity contribution in [3.05, 3.63) is 33.8 Å². The van der Waals surface area contributed by atoms with E-state index in [9.17, 15) is 4.79 Å². The summed E-state index contributed by atoms with van der Waals surface area (Å²) in [4.78, 5) is 11.4. The van der Waals surface area contributed by atoms with Gasteiger partial charge in [-0.2, -0.15) is 0 Å². The van der Waals surface area contributed by atoms with Crippen LogP contribution in [0.15, 0.2) is 22.7 Å². The van der Waals surface area contributed by atoms with Crippen LogP contribution in [-0.4, -0.2) is 12.6 Å². The molecule has 0 amide bonds. The molecule has 0 aliphatic rings. The Bertz CT molecular complexity index is 339. The van der Waals surface area contributed by atoms with E-state index in [1.807, 2.05) is 6.07 Å². The van der Waals surface area contributed by atoms with Crippen LogP contribution in [0.2, 0.25) is 0 Å². The van der Waals surface area contributed by atoms with Crippen molar-refractivity contribution in [2.75, 3.05) is 6.61 Å². The average molecular weight is 258 g/mol. The van der Waals surface area contributed by atoms with Crippen molar-refractivity contribution >= 4 is 21.9 Å². The molecule has 76 valence electrons. The van der Waals surface area contributed by atoms with Crippen LogP contribution in [-0.2, 0) is 11.3 Å². The van der Waals surface area contributed by atoms with Crippen LogP contribution in [0.3, 0.4) is 0 Å². The molecule has 0 bridgehead atoms. The van der Waals surface area contributed by atoms with Gasteiger partial charge in [0, 0.05) is 11.0 Å². The summed E-state index contributed by atoms with van der Waals surface area (Å²) in [5.41, 5.74) is 6.92. The number of halogens is 1. The third-order valence-electron chi connectivity index (χ3n) is 1.70. The highest BCUT2D eigenvalue weighted by Gasteiger charge is 2.07. The smallest absolute Gasteiger partial charge is 0.338 e. The number of benzene rings is 1. The second-order valence-electron chi connectivity index (χ2n) is 2.77. The van der Waals surface area contributed by atoms with E-state index in [1.54, 1.807) is 19.1 Å². The van der Waals surface area contributed by atoms with Crippen LogP contribution >= 0.6 is 15.9 Å². The van der Waals surface area contributed by atoms with E-state index in [0.29, 0.717) is 18.7 Å². The number of carbonyl (C=O) groups is 1. The quantitative estimate of drug-likeness (QED) is 0.844. The molecule has 0 aromatic heterocycles. The Morgan fingerprint density at radius 1 is 1.50 bits per heavy atom. The zero-order valence-electron chi connectivity index (χ0n) is 7.92. The summed E-state index contributed by atoms with van der Waals surface area (Å²) in [6.07, 6.45) is 0. The first-order chi connectivity index (χ1) is 6.67. The van der Waals surface area contributed by atoms with Gasteiger partial charge in [-0.05, 0) is 30.7 Å². The molecule has 1 aromatic carbocycles. The molecule has 0 heterocycles. The molecule has 0 aliphatic heterocycles. The molecule has 0 radical (unpaired) electrons. The number of carbonyl (C=O) groups excluding carboxylic acids is 1. The lowest BCUT2D eigenvalue weighted by atomic mass is 10.1. The van der Waals surface area contributed by atoms with Gasteiger partial charge >= 0.3 is 5.97 Å². The van der Waals surface area contributed by atoms with Gasteiger partial charge in [0.15, 0.2) is 0 Å². The molecule has 14 heavy (non-hydrogen) atoms. The maximum absolute atomic E-state index is 11.4. The average Bonchev–Trinajstić information content (AvgIpc) is 2.17. The van der Waals surface area contributed by atoms with Crippen LogP contribution < -0.4 is 5.73 Å². The molecular formula is C10H12BrNO2. The third-order valence-corrected chi connectivity index (χ3v) is 2.16. The molecule has 0 atom stereocenters. The van der Waals surface area contributed by atoms with Gasteiger partial charge in [0.25, 0.3) is 0 Å². The number of ether oxygens (including phenoxy) is 1. The zero-order valence-corrected chi connectivity index (χ0v) is 9.50. The molecule has 2 N–H and O–H groups in total. The van der Waals surface area contributed by atoms with Crippen LogP contribution in [0.5, 0.6) is 0 Å². The number of nitrogens with two attached hydrogens (primary N) is 1. The molecule has 0 saturated heterocycles. The fourth-order valence-corrected chi connectivity index (χ4v) is 1.64. The van der Waals surface area contributed by atoms with Gasteiger partial charge in [-0.25, -0.2) is 4.79 Å². The number of esters is 1. The predicted octanol–water partition coefficient (Wildman–Crippen LogP) is 2.08. The first-order valence-corrected chi connectivity index (χ1v) is 5.13. The molecular weight excluding hydrogens is 246 g/mol. The van der Waals surface area contributed by atoms with Crippen LogP contribution in [0.25, 0.3) is 0 Å². The van der Waals surface area contributed by atoms with E-state index < -0.39 is 0 Å². The second kappa shape index (κ2) is 5.12. The van der Waals surface area contributed by atoms with E-state index in [4.69, 9.17) is 10.5 Å². The Kier molecular flexibility index (Phi) is 4.10. The lowest BCUT2D eigenvalue weighted by Crippen LogP contribution is -2.06. The van der Waals surface area contributed by atoms with Gasteiger partial charge in [-0.15, -0.1) is 0 Å². The molecule has 1 aromatic rings. The van der Waals surface area contributed by atoms with Gasteiger partial charge in [-0.3, -0.25) is 0 Å². The highest BCUT2D eigenvalue weighted by Crippen LogP contribution is 2.16. The van der Waals surface area contributed by atoms with Crippen molar-refractivity contribution in [3.8, 4) is 0 Å². The molecule has 4 heteroatoms. The highest BCUT2D eigenvalue weighted by atomic mass is 79.9. The van der Waals surface area contributed by atoms with Crippen molar-refractivity contribution in [2.45, 2.75) is 13.5 Å². The van der Waals surface area contributed by atoms with Crippen LogP contribution in [0.1, 0.15) is 22.8 Å². The Hall–Kier alpha value is -0.870. The summed E-state index contributed by atoms with van der Waals surface area (Å²) in [5, 5.41) is 0. The van der Waals surface area contributed by atoms with Crippen molar-refractivity contribution in [2.24, 2.45) is 5.73 Å². The molecule has 1 rings (SSSR count). The van der Waals surface area contributed by atoms with E-state index >= 15 is 0 Å². The van der Waals surface area contributed by atoms with Crippen molar-refractivity contribution in [1.29, 1.82) is 0 Å². The van der Waals surface area contributed by atoms with Gasteiger partial charge in [0.05, 0.1) is 12.2 Å². The Morgan fingerprint density at radius 3 is 2.79 bits per heavy atom. The molecule has 0 unspecified atom stereocenters. The SMILES string of the molecule is CCOC(=O)c1cc(Br)cc(CN)c1. The minimum Gasteiger partial charge on any atom is -0.462 e. The Labute approximate surface area is 91.4 Å². The summed E-state index contributed by atoms with van der Waals surface area (Å²) in [5.74, 6) is -0.316. The first kappa shape index (κ1) is 11.2. The lowest BCUT2D eigenvalue weighted by molar-refractivity contribution is 0.0526. The maximum atomic E-state index is 11.4. The van der Waals surface area contributed by atoms with Crippen molar-refractivity contribution < 1.29 is 9.53 Å². The monoisotopic (exact) mass is 257 g/mol. The van der Waals surface area contributed by atoms with Gasteiger partial charge in [0.1, 0.15) is 0 Å². The minimum atomic E-state index is -0.316. The first-order valence-electron chi connectivity index (χ1n) is 4.34. The topological polar surface area (TPSA) is 52.3 Å². The maximum Gasteiger partial charge on any atom is 0.338 e. The lowest BCUT2D eigenvalue weighted by Gasteiger charge is -2.04. The zero-order chi connectivity index (χ0) is 10.6. The Balaban J connectivity index is 2.96. The van der Waals surface area contributed by atoms with E-state index in [0.717, 1.165) is 10.0 Å². The van der Waals surface area contributed by atoms with E-state index in [-0.39, 0.29) is 5.97 Å². The summed E-state index contributed by atoms with van der Waals surface area (Å²) in [6, 6.07) is 5.34. The van der Waals surface area contributed by atoms with Crippen molar-refractivity contribution in [1.82, 2.24) is 0 Å². The van der Waals surface area contributed by atoms with E-state index in [1.165, 1.54) is 0 Å². The molecule has 3 nitrogen and oxygen atoms in total. The summed E-state index contributed by atoms with van der Waals surface area (Å²) in [7, 11) is 0. The molecule has 0 fully saturated rings. The number of hydrogen-bond acceptors (Lipinski definition) is 3. The summed E-state index contributed by atoms with van der Waals surface area (Å²) < 4.78 is 5.72. The normalized spacial score (nSPS) is 9.93. The van der Waals surface area contributed by atoms with E-state index in [2.05, 4.69) is 15.9 Å². The highest BCUT2D eigenvalue weighted by molar-refractivity contribution is 9.10. The molecule has 0 aliphatic carbocycles. The largest absolute Gasteiger partial charge is 0.462 e. The Morgan fingerprint density at radius 2 is 2.21 bits per heavy atom. The standard InChI is InChI=1S/C10H12BrNO2/c1-2-14-10(13)8-3-7(6-12)4-9(11)5-8/h3-5H,2,6,12H2,1H3. The minimum absolute atomic E-state index is 0.316. The van der Waals surface area contributed by atoms with Gasteiger partial charge < -0.3 is 10.5 Å². The summed E-state index contributed by atoms with van der Waals surface area (Å²) >= 11 is 3.31. The van der Waals surface area contributed by atoms with Crippen LogP contribution in [0, 0.1) is 0 Å². The van der Waals surface area contributed by atoms with Gasteiger partial charge in [-0.1, -0.05) is 15.9 Å². The van der Waals surface area contributed by atoms with Crippen LogP contribution in [0.4, 0.5) is 0 Å². The third kappa shape index (κ3) is 2.82. The predicted molar refractivity (Wildman–Crippen MR) is 58.0 cm³/mol.